The first-order valence-corrected chi connectivity index (χ1v) is 6.75. The molecule has 1 aromatic rings. The summed E-state index contributed by atoms with van der Waals surface area (Å²) in [5.74, 6) is -1.12. The first-order chi connectivity index (χ1) is 11.4. The molecule has 1 aliphatic heterocycles. The van der Waals surface area contributed by atoms with E-state index in [0.717, 1.165) is 0 Å². The van der Waals surface area contributed by atoms with Gasteiger partial charge < -0.3 is 29.4 Å². The van der Waals surface area contributed by atoms with E-state index < -0.39 is 24.5 Å². The number of imide groups is 1. The number of amides is 3. The number of hydrogen-bond acceptors (Lipinski definition) is 7. The molecule has 3 amide bonds. The van der Waals surface area contributed by atoms with Crippen molar-refractivity contribution in [3.63, 3.8) is 0 Å². The molecule has 1 heterocycles. The molecule has 2 rings (SSSR count). The van der Waals surface area contributed by atoms with E-state index in [2.05, 4.69) is 5.32 Å². The van der Waals surface area contributed by atoms with Crippen molar-refractivity contribution in [2.45, 2.75) is 0 Å². The van der Waals surface area contributed by atoms with Gasteiger partial charge in [-0.25, -0.2) is 4.79 Å². The summed E-state index contributed by atoms with van der Waals surface area (Å²) in [5.41, 5.74) is 0.348. The number of ether oxygens (including phenoxy) is 3. The van der Waals surface area contributed by atoms with Gasteiger partial charge in [0, 0.05) is 11.6 Å². The van der Waals surface area contributed by atoms with E-state index in [4.69, 9.17) is 14.2 Å². The van der Waals surface area contributed by atoms with Gasteiger partial charge in [0.2, 0.25) is 0 Å². The van der Waals surface area contributed by atoms with Crippen LogP contribution < -0.4 is 24.6 Å². The highest BCUT2D eigenvalue weighted by molar-refractivity contribution is 6.15. The lowest BCUT2D eigenvalue weighted by atomic mass is 10.1. The molecule has 0 atom stereocenters. The number of nitrogens with one attached hydrogen (secondary N) is 1. The number of carbonyl (C=O) groups is 3. The molecule has 1 saturated heterocycles. The number of carboxylic acids is 1. The lowest BCUT2D eigenvalue weighted by Crippen LogP contribution is -2.41. The number of benzene rings is 1. The number of urea groups is 1. The van der Waals surface area contributed by atoms with Crippen LogP contribution in [-0.2, 0) is 9.59 Å². The predicted molar refractivity (Wildman–Crippen MR) is 79.3 cm³/mol. The van der Waals surface area contributed by atoms with Crippen molar-refractivity contribution >= 4 is 24.0 Å². The lowest BCUT2D eigenvalue weighted by Gasteiger charge is -2.13. The zero-order chi connectivity index (χ0) is 17.9. The third-order valence-electron chi connectivity index (χ3n) is 3.29. The zero-order valence-corrected chi connectivity index (χ0v) is 13.2. The molecule has 9 nitrogen and oxygen atoms in total. The minimum Gasteiger partial charge on any atom is -0.548 e. The SMILES string of the molecule is COc1cc(OC)c(OC)cc1/C=C1/NC(=O)N(CC(=O)[O-])C1=O. The number of aliphatic carboxylic acids is 1. The fourth-order valence-electron chi connectivity index (χ4n) is 2.17. The molecule has 0 aliphatic carbocycles. The highest BCUT2D eigenvalue weighted by Crippen LogP contribution is 2.35. The quantitative estimate of drug-likeness (QED) is 0.542. The Kier molecular flexibility index (Phi) is 4.93. The van der Waals surface area contributed by atoms with Gasteiger partial charge in [-0.05, 0) is 12.1 Å². The van der Waals surface area contributed by atoms with Gasteiger partial charge in [0.15, 0.2) is 11.5 Å². The van der Waals surface area contributed by atoms with Crippen molar-refractivity contribution in [1.82, 2.24) is 10.2 Å². The van der Waals surface area contributed by atoms with Crippen LogP contribution in [0.1, 0.15) is 5.56 Å². The van der Waals surface area contributed by atoms with E-state index >= 15 is 0 Å². The maximum Gasteiger partial charge on any atom is 0.329 e. The standard InChI is InChI=1S/C15H16N2O7/c1-22-10-6-12(24-3)11(23-2)5-8(10)4-9-14(20)17(7-13(18)19)15(21)16-9/h4-6H,7H2,1-3H3,(H,16,21)(H,18,19)/p-1/b9-4+. The van der Waals surface area contributed by atoms with Crippen LogP contribution in [0.3, 0.4) is 0 Å². The van der Waals surface area contributed by atoms with Crippen LogP contribution in [0.15, 0.2) is 17.8 Å². The Morgan fingerprint density at radius 1 is 1.12 bits per heavy atom. The highest BCUT2D eigenvalue weighted by Gasteiger charge is 2.33. The lowest BCUT2D eigenvalue weighted by molar-refractivity contribution is -0.305. The normalized spacial score (nSPS) is 15.5. The summed E-state index contributed by atoms with van der Waals surface area (Å²) in [6, 6.07) is 2.28. The Morgan fingerprint density at radius 2 is 1.71 bits per heavy atom. The summed E-state index contributed by atoms with van der Waals surface area (Å²) in [7, 11) is 4.35. The molecule has 24 heavy (non-hydrogen) atoms. The van der Waals surface area contributed by atoms with E-state index in [9.17, 15) is 19.5 Å². The maximum atomic E-state index is 12.1. The molecule has 0 radical (unpaired) electrons. The molecule has 0 saturated carbocycles. The highest BCUT2D eigenvalue weighted by atomic mass is 16.5. The molecule has 1 aliphatic rings. The van der Waals surface area contributed by atoms with Gasteiger partial charge in [-0.15, -0.1) is 0 Å². The van der Waals surface area contributed by atoms with Crippen LogP contribution in [0, 0.1) is 0 Å². The van der Waals surface area contributed by atoms with Gasteiger partial charge in [0.1, 0.15) is 11.4 Å². The van der Waals surface area contributed by atoms with Crippen molar-refractivity contribution < 1.29 is 33.7 Å². The minimum atomic E-state index is -1.54. The van der Waals surface area contributed by atoms with Gasteiger partial charge in [-0.1, -0.05) is 0 Å². The molecule has 128 valence electrons. The number of carboxylic acid groups (broad SMARTS) is 1. The fourth-order valence-corrected chi connectivity index (χ4v) is 2.17. The first-order valence-electron chi connectivity index (χ1n) is 6.75. The smallest absolute Gasteiger partial charge is 0.329 e. The molecule has 1 N–H and O–H groups in total. The van der Waals surface area contributed by atoms with Crippen LogP contribution in [0.5, 0.6) is 17.2 Å². The third-order valence-corrected chi connectivity index (χ3v) is 3.29. The molecule has 1 aromatic carbocycles. The zero-order valence-electron chi connectivity index (χ0n) is 13.2. The Labute approximate surface area is 137 Å². The van der Waals surface area contributed by atoms with Gasteiger partial charge in [0.05, 0.1) is 33.8 Å². The second kappa shape index (κ2) is 6.90. The molecular formula is C15H15N2O7-. The van der Waals surface area contributed by atoms with Gasteiger partial charge in [0.25, 0.3) is 5.91 Å². The molecule has 0 bridgehead atoms. The molecule has 9 heteroatoms. The van der Waals surface area contributed by atoms with Crippen LogP contribution in [0.25, 0.3) is 6.08 Å². The van der Waals surface area contributed by atoms with Crippen LogP contribution >= 0.6 is 0 Å². The molecular weight excluding hydrogens is 320 g/mol. The van der Waals surface area contributed by atoms with E-state index in [0.29, 0.717) is 27.7 Å². The first kappa shape index (κ1) is 17.1. The van der Waals surface area contributed by atoms with E-state index in [1.54, 1.807) is 12.1 Å². The van der Waals surface area contributed by atoms with E-state index in [1.807, 2.05) is 0 Å². The number of nitrogens with zero attached hydrogens (tertiary/aromatic N) is 1. The second-order valence-electron chi connectivity index (χ2n) is 4.70. The second-order valence-corrected chi connectivity index (χ2v) is 4.70. The van der Waals surface area contributed by atoms with E-state index in [-0.39, 0.29) is 5.70 Å². The van der Waals surface area contributed by atoms with Crippen molar-refractivity contribution in [3.8, 4) is 17.2 Å². The summed E-state index contributed by atoms with van der Waals surface area (Å²) < 4.78 is 15.6. The largest absolute Gasteiger partial charge is 0.548 e. The Bertz CT molecular complexity index is 727. The predicted octanol–water partition coefficient (Wildman–Crippen LogP) is -0.645. The Balaban J connectivity index is 2.42. The number of hydrogen-bond donors (Lipinski definition) is 1. The monoisotopic (exact) mass is 335 g/mol. The topological polar surface area (TPSA) is 117 Å². The maximum absolute atomic E-state index is 12.1. The van der Waals surface area contributed by atoms with Crippen LogP contribution in [0.4, 0.5) is 4.79 Å². The average molecular weight is 335 g/mol. The van der Waals surface area contributed by atoms with Crippen molar-refractivity contribution in [2.24, 2.45) is 0 Å². The van der Waals surface area contributed by atoms with Crippen molar-refractivity contribution in [2.75, 3.05) is 27.9 Å². The molecule has 0 unspecified atom stereocenters. The molecule has 0 aromatic heterocycles. The van der Waals surface area contributed by atoms with Gasteiger partial charge in [-0.2, -0.15) is 0 Å². The fraction of sp³-hybridized carbons (Fsp3) is 0.267. The summed E-state index contributed by atoms with van der Waals surface area (Å²) in [5, 5.41) is 12.9. The Morgan fingerprint density at radius 3 is 2.25 bits per heavy atom. The third kappa shape index (κ3) is 3.24. The van der Waals surface area contributed by atoms with Crippen LogP contribution in [0.2, 0.25) is 0 Å². The summed E-state index contributed by atoms with van der Waals surface area (Å²) >= 11 is 0. The Hall–Kier alpha value is -3.23. The van der Waals surface area contributed by atoms with Gasteiger partial charge >= 0.3 is 6.03 Å². The number of rotatable bonds is 6. The van der Waals surface area contributed by atoms with Crippen molar-refractivity contribution in [3.05, 3.63) is 23.4 Å². The summed E-state index contributed by atoms with van der Waals surface area (Å²) in [6.07, 6.45) is 1.36. The summed E-state index contributed by atoms with van der Waals surface area (Å²) in [6.45, 7) is -0.828. The molecule has 0 spiro atoms. The molecule has 1 fully saturated rings. The summed E-state index contributed by atoms with van der Waals surface area (Å²) in [4.78, 5) is 35.0. The van der Waals surface area contributed by atoms with Gasteiger partial charge in [-0.3, -0.25) is 9.69 Å². The average Bonchev–Trinajstić information content (AvgIpc) is 2.81. The number of carbonyl (C=O) groups excluding carboxylic acids is 3. The van der Waals surface area contributed by atoms with E-state index in [1.165, 1.54) is 27.4 Å². The van der Waals surface area contributed by atoms with Crippen LogP contribution in [-0.4, -0.2) is 50.7 Å². The number of methoxy groups -OCH3 is 3. The van der Waals surface area contributed by atoms with Crippen molar-refractivity contribution in [1.29, 1.82) is 0 Å². The minimum absolute atomic E-state index is 0.0910.